The van der Waals surface area contributed by atoms with Crippen LogP contribution in [0.5, 0.6) is 11.5 Å². The first-order valence-electron chi connectivity index (χ1n) is 11.2. The Balaban J connectivity index is 1.42. The van der Waals surface area contributed by atoms with E-state index in [1.165, 1.54) is 0 Å². The van der Waals surface area contributed by atoms with E-state index in [1.807, 2.05) is 61.5 Å². The summed E-state index contributed by atoms with van der Waals surface area (Å²) in [7, 11) is 0. The summed E-state index contributed by atoms with van der Waals surface area (Å²) < 4.78 is 10.9. The van der Waals surface area contributed by atoms with Crippen LogP contribution in [0.3, 0.4) is 0 Å². The van der Waals surface area contributed by atoms with Crippen molar-refractivity contribution in [2.24, 2.45) is 0 Å². The zero-order chi connectivity index (χ0) is 22.3. The van der Waals surface area contributed by atoms with Gasteiger partial charge in [-0.3, -0.25) is 9.59 Å². The molecular formula is C28H26O4. The van der Waals surface area contributed by atoms with E-state index in [0.717, 1.165) is 57.7 Å². The molecule has 0 spiro atoms. The summed E-state index contributed by atoms with van der Waals surface area (Å²) >= 11 is 0. The number of benzene rings is 3. The number of carbonyl (C=O) groups is 2. The molecule has 0 N–H and O–H groups in total. The molecule has 1 heterocycles. The fourth-order valence-corrected chi connectivity index (χ4v) is 4.64. The molecule has 4 nitrogen and oxygen atoms in total. The first-order valence-corrected chi connectivity index (χ1v) is 11.2. The van der Waals surface area contributed by atoms with Crippen molar-refractivity contribution in [2.75, 3.05) is 6.79 Å². The Bertz CT molecular complexity index is 1220. The standard InChI is InChI=1S/C28H26O4/c1-3-24(29)21-8-4-7-20(14-21)23-9-5-6-19(18(23)2)15-27(30)28(12-13-28)22-10-11-25-26(16-22)32-17-31-25/h4-11,14,16H,3,12-13,15,17H2,1-2H3. The average molecular weight is 427 g/mol. The molecule has 2 aliphatic rings. The minimum absolute atomic E-state index is 0.134. The molecule has 162 valence electrons. The normalized spacial score (nSPS) is 15.4. The SMILES string of the molecule is CCC(=O)c1cccc(-c2cccc(CC(=O)C3(c4ccc5c(c4)OCO5)CC3)c2C)c1. The van der Waals surface area contributed by atoms with Crippen molar-refractivity contribution in [2.45, 2.75) is 44.9 Å². The number of fused-ring (bicyclic) bond motifs is 1. The second-order valence-corrected chi connectivity index (χ2v) is 8.70. The van der Waals surface area contributed by atoms with Crippen LogP contribution in [0, 0.1) is 6.92 Å². The van der Waals surface area contributed by atoms with E-state index in [-0.39, 0.29) is 18.4 Å². The fourth-order valence-electron chi connectivity index (χ4n) is 4.64. The van der Waals surface area contributed by atoms with Gasteiger partial charge in [0, 0.05) is 18.4 Å². The summed E-state index contributed by atoms with van der Waals surface area (Å²) in [6.45, 7) is 4.17. The van der Waals surface area contributed by atoms with E-state index in [9.17, 15) is 9.59 Å². The third-order valence-corrected chi connectivity index (χ3v) is 6.82. The maximum Gasteiger partial charge on any atom is 0.231 e. The fraction of sp³-hybridized carbons (Fsp3) is 0.286. The Kier molecular flexibility index (Phi) is 5.09. The van der Waals surface area contributed by atoms with E-state index in [4.69, 9.17) is 9.47 Å². The van der Waals surface area contributed by atoms with Crippen LogP contribution in [0.2, 0.25) is 0 Å². The van der Waals surface area contributed by atoms with Gasteiger partial charge in [-0.2, -0.15) is 0 Å². The maximum absolute atomic E-state index is 13.5. The molecule has 32 heavy (non-hydrogen) atoms. The van der Waals surface area contributed by atoms with E-state index in [1.54, 1.807) is 0 Å². The summed E-state index contributed by atoms with van der Waals surface area (Å²) in [4.78, 5) is 25.6. The number of hydrogen-bond acceptors (Lipinski definition) is 4. The van der Waals surface area contributed by atoms with Gasteiger partial charge in [-0.05, 0) is 65.8 Å². The van der Waals surface area contributed by atoms with Gasteiger partial charge in [0.15, 0.2) is 17.3 Å². The van der Waals surface area contributed by atoms with Crippen LogP contribution in [-0.4, -0.2) is 18.4 Å². The molecule has 1 fully saturated rings. The highest BCUT2D eigenvalue weighted by Gasteiger charge is 2.50. The van der Waals surface area contributed by atoms with Crippen molar-refractivity contribution < 1.29 is 19.1 Å². The predicted molar refractivity (Wildman–Crippen MR) is 123 cm³/mol. The Morgan fingerprint density at radius 2 is 1.72 bits per heavy atom. The molecule has 1 aliphatic carbocycles. The zero-order valence-corrected chi connectivity index (χ0v) is 18.4. The van der Waals surface area contributed by atoms with Crippen LogP contribution in [0.15, 0.2) is 60.7 Å². The van der Waals surface area contributed by atoms with Gasteiger partial charge in [0.05, 0.1) is 5.41 Å². The molecule has 3 aromatic carbocycles. The molecule has 0 unspecified atom stereocenters. The van der Waals surface area contributed by atoms with Gasteiger partial charge >= 0.3 is 0 Å². The summed E-state index contributed by atoms with van der Waals surface area (Å²) in [5, 5.41) is 0. The number of ketones is 2. The summed E-state index contributed by atoms with van der Waals surface area (Å²) in [6.07, 6.45) is 2.61. The van der Waals surface area contributed by atoms with Crippen molar-refractivity contribution in [3.8, 4) is 22.6 Å². The summed E-state index contributed by atoms with van der Waals surface area (Å²) in [5.74, 6) is 1.84. The third kappa shape index (κ3) is 3.50. The largest absolute Gasteiger partial charge is 0.454 e. The number of ether oxygens (including phenoxy) is 2. The van der Waals surface area contributed by atoms with Crippen molar-refractivity contribution in [3.63, 3.8) is 0 Å². The lowest BCUT2D eigenvalue weighted by Gasteiger charge is -2.17. The summed E-state index contributed by atoms with van der Waals surface area (Å²) in [6, 6.07) is 19.7. The monoisotopic (exact) mass is 426 g/mol. The van der Waals surface area contributed by atoms with Crippen LogP contribution >= 0.6 is 0 Å². The predicted octanol–water partition coefficient (Wildman–Crippen LogP) is 5.83. The number of hydrogen-bond donors (Lipinski definition) is 0. The highest BCUT2D eigenvalue weighted by atomic mass is 16.7. The number of rotatable bonds is 7. The van der Waals surface area contributed by atoms with Crippen molar-refractivity contribution >= 4 is 11.6 Å². The van der Waals surface area contributed by atoms with Crippen LogP contribution in [-0.2, 0) is 16.6 Å². The van der Waals surface area contributed by atoms with Gasteiger partial charge in [0.1, 0.15) is 5.78 Å². The lowest BCUT2D eigenvalue weighted by Crippen LogP contribution is -2.23. The quantitative estimate of drug-likeness (QED) is 0.446. The Morgan fingerprint density at radius 1 is 0.938 bits per heavy atom. The third-order valence-electron chi connectivity index (χ3n) is 6.82. The van der Waals surface area contributed by atoms with Crippen LogP contribution in [0.25, 0.3) is 11.1 Å². The topological polar surface area (TPSA) is 52.6 Å². The van der Waals surface area contributed by atoms with E-state index in [0.29, 0.717) is 12.8 Å². The molecule has 0 aromatic heterocycles. The minimum atomic E-state index is -0.420. The van der Waals surface area contributed by atoms with Crippen molar-refractivity contribution in [1.82, 2.24) is 0 Å². The second kappa shape index (κ2) is 7.94. The van der Waals surface area contributed by atoms with E-state index >= 15 is 0 Å². The molecule has 1 saturated carbocycles. The molecular weight excluding hydrogens is 400 g/mol. The zero-order valence-electron chi connectivity index (χ0n) is 18.4. The molecule has 0 atom stereocenters. The Labute approximate surface area is 188 Å². The van der Waals surface area contributed by atoms with Gasteiger partial charge in [-0.25, -0.2) is 0 Å². The van der Waals surface area contributed by atoms with Crippen molar-refractivity contribution in [3.05, 3.63) is 82.9 Å². The Morgan fingerprint density at radius 3 is 2.50 bits per heavy atom. The molecule has 0 radical (unpaired) electrons. The Hall–Kier alpha value is -3.40. The van der Waals surface area contributed by atoms with Crippen LogP contribution in [0.4, 0.5) is 0 Å². The molecule has 3 aromatic rings. The number of carbonyl (C=O) groups excluding carboxylic acids is 2. The van der Waals surface area contributed by atoms with E-state index < -0.39 is 5.41 Å². The molecule has 0 saturated heterocycles. The average Bonchev–Trinajstić information content (AvgIpc) is 3.50. The number of Topliss-reactive ketones (excluding diaryl/α,β-unsaturated/α-hetero) is 2. The van der Waals surface area contributed by atoms with Gasteiger partial charge in [0.2, 0.25) is 6.79 Å². The van der Waals surface area contributed by atoms with Crippen LogP contribution in [0.1, 0.15) is 53.2 Å². The first kappa shape index (κ1) is 20.5. The first-order chi connectivity index (χ1) is 15.5. The molecule has 0 amide bonds. The van der Waals surface area contributed by atoms with Gasteiger partial charge in [-0.1, -0.05) is 49.4 Å². The maximum atomic E-state index is 13.5. The van der Waals surface area contributed by atoms with Gasteiger partial charge in [0.25, 0.3) is 0 Å². The van der Waals surface area contributed by atoms with Crippen molar-refractivity contribution in [1.29, 1.82) is 0 Å². The molecule has 5 rings (SSSR count). The molecule has 1 aliphatic heterocycles. The lowest BCUT2D eigenvalue weighted by atomic mass is 9.85. The van der Waals surface area contributed by atoms with Crippen LogP contribution < -0.4 is 9.47 Å². The highest BCUT2D eigenvalue weighted by molar-refractivity contribution is 5.97. The smallest absolute Gasteiger partial charge is 0.231 e. The highest BCUT2D eigenvalue weighted by Crippen LogP contribution is 2.51. The van der Waals surface area contributed by atoms with E-state index in [2.05, 4.69) is 13.0 Å². The minimum Gasteiger partial charge on any atom is -0.454 e. The molecule has 4 heteroatoms. The second-order valence-electron chi connectivity index (χ2n) is 8.70. The summed E-state index contributed by atoms with van der Waals surface area (Å²) in [5.41, 5.74) is 5.52. The molecule has 0 bridgehead atoms. The lowest BCUT2D eigenvalue weighted by molar-refractivity contribution is -0.120. The van der Waals surface area contributed by atoms with Gasteiger partial charge < -0.3 is 9.47 Å². The van der Waals surface area contributed by atoms with Gasteiger partial charge in [-0.15, -0.1) is 0 Å².